The number of esters is 1. The number of carboxylic acids is 1. The maximum absolute atomic E-state index is 10.9. The van der Waals surface area contributed by atoms with Crippen molar-refractivity contribution in [2.75, 3.05) is 7.11 Å². The molecule has 92 valence electrons. The fraction of sp³-hybridized carbons (Fsp3) is 0.273. The van der Waals surface area contributed by atoms with E-state index in [4.69, 9.17) is 4.42 Å². The first-order valence-corrected chi connectivity index (χ1v) is 4.80. The van der Waals surface area contributed by atoms with E-state index in [1.807, 2.05) is 0 Å². The van der Waals surface area contributed by atoms with E-state index in [1.165, 1.54) is 25.7 Å². The normalized spacial score (nSPS) is 12.2. The minimum atomic E-state index is -1.32. The van der Waals surface area contributed by atoms with Crippen LogP contribution in [-0.2, 0) is 14.3 Å². The second kappa shape index (κ2) is 7.97. The van der Waals surface area contributed by atoms with Crippen molar-refractivity contribution in [3.63, 3.8) is 0 Å². The van der Waals surface area contributed by atoms with Crippen LogP contribution in [0.3, 0.4) is 0 Å². The zero-order chi connectivity index (χ0) is 12.8. The molecule has 6 nitrogen and oxygen atoms in total. The Kier molecular flexibility index (Phi) is 7.42. The Labute approximate surface area is 126 Å². The molecular weight excluding hydrogens is 249 g/mol. The summed E-state index contributed by atoms with van der Waals surface area (Å²) in [6.45, 7) is 1.55. The van der Waals surface area contributed by atoms with Crippen molar-refractivity contribution < 1.29 is 53.4 Å². The number of carboxylic acid groups (broad SMARTS) is 1. The quantitative estimate of drug-likeness (QED) is 0.340. The van der Waals surface area contributed by atoms with Gasteiger partial charge in [-0.2, -0.15) is 0 Å². The van der Waals surface area contributed by atoms with Crippen LogP contribution in [0.2, 0.25) is 0 Å². The Morgan fingerprint density at radius 1 is 1.56 bits per heavy atom. The number of nitrogens with one attached hydrogen (secondary N) is 1. The van der Waals surface area contributed by atoms with Crippen molar-refractivity contribution in [1.29, 1.82) is 0 Å². The fourth-order valence-electron chi connectivity index (χ4n) is 1.22. The average Bonchev–Trinajstić information content (AvgIpc) is 2.78. The number of rotatable bonds is 5. The van der Waals surface area contributed by atoms with Crippen LogP contribution in [0.25, 0.3) is 0 Å². The van der Waals surface area contributed by atoms with E-state index in [9.17, 15) is 14.7 Å². The Morgan fingerprint density at radius 3 is 2.67 bits per heavy atom. The molecule has 18 heavy (non-hydrogen) atoms. The number of methoxy groups -OCH3 is 1. The summed E-state index contributed by atoms with van der Waals surface area (Å²) in [5.41, 5.74) is 0.759. The standard InChI is InChI=1S/C11H13NO5.Na/c1-7(5-9(13)16-2)12-10(11(14)15)8-3-4-17-6-8;/h3-6,10,12H,1-2H3,(H,14,15);/q;+1/p-1. The molecule has 1 N–H and O–H groups in total. The fourth-order valence-corrected chi connectivity index (χ4v) is 1.22. The first-order chi connectivity index (χ1) is 8.04. The third-order valence-electron chi connectivity index (χ3n) is 2.02. The molecule has 1 atom stereocenters. The summed E-state index contributed by atoms with van der Waals surface area (Å²) in [6.07, 6.45) is 3.79. The summed E-state index contributed by atoms with van der Waals surface area (Å²) >= 11 is 0. The van der Waals surface area contributed by atoms with Crippen LogP contribution in [0.4, 0.5) is 0 Å². The van der Waals surface area contributed by atoms with Crippen molar-refractivity contribution in [2.24, 2.45) is 0 Å². The molecule has 0 aliphatic carbocycles. The van der Waals surface area contributed by atoms with Gasteiger partial charge in [0.2, 0.25) is 0 Å². The molecule has 1 unspecified atom stereocenters. The van der Waals surface area contributed by atoms with Gasteiger partial charge in [0, 0.05) is 17.3 Å². The van der Waals surface area contributed by atoms with Gasteiger partial charge < -0.3 is 24.4 Å². The van der Waals surface area contributed by atoms with E-state index >= 15 is 0 Å². The Bertz CT molecular complexity index is 427. The SMILES string of the molecule is COC(=O)C=C(C)NC(C(=O)[O-])c1ccoc1.[Na+]. The number of ether oxygens (including phenoxy) is 1. The number of furan rings is 1. The molecule has 0 fully saturated rings. The van der Waals surface area contributed by atoms with Crippen LogP contribution in [0.1, 0.15) is 18.5 Å². The maximum atomic E-state index is 10.9. The molecule has 0 radical (unpaired) electrons. The number of aliphatic carboxylic acids is 1. The zero-order valence-corrected chi connectivity index (χ0v) is 12.4. The molecule has 1 rings (SSSR count). The third-order valence-corrected chi connectivity index (χ3v) is 2.02. The zero-order valence-electron chi connectivity index (χ0n) is 10.4. The Morgan fingerprint density at radius 2 is 2.22 bits per heavy atom. The molecule has 1 aromatic rings. The van der Waals surface area contributed by atoms with Gasteiger partial charge in [-0.3, -0.25) is 0 Å². The Balaban J connectivity index is 0.00000289. The summed E-state index contributed by atoms with van der Waals surface area (Å²) in [6, 6.07) is 0.425. The van der Waals surface area contributed by atoms with Gasteiger partial charge in [0.05, 0.1) is 31.6 Å². The van der Waals surface area contributed by atoms with Crippen LogP contribution in [0.15, 0.2) is 34.8 Å². The van der Waals surface area contributed by atoms with Gasteiger partial charge in [0.1, 0.15) is 0 Å². The van der Waals surface area contributed by atoms with Gasteiger partial charge in [-0.15, -0.1) is 0 Å². The summed E-state index contributed by atoms with van der Waals surface area (Å²) in [7, 11) is 1.23. The topological polar surface area (TPSA) is 91.6 Å². The second-order valence-corrected chi connectivity index (χ2v) is 3.30. The van der Waals surface area contributed by atoms with Gasteiger partial charge in [-0.1, -0.05) is 0 Å². The van der Waals surface area contributed by atoms with Crippen LogP contribution >= 0.6 is 0 Å². The van der Waals surface area contributed by atoms with E-state index in [2.05, 4.69) is 10.1 Å². The number of carbonyl (C=O) groups is 2. The van der Waals surface area contributed by atoms with E-state index < -0.39 is 18.0 Å². The monoisotopic (exact) mass is 261 g/mol. The summed E-state index contributed by atoms with van der Waals surface area (Å²) < 4.78 is 9.20. The molecule has 0 spiro atoms. The van der Waals surface area contributed by atoms with E-state index in [0.717, 1.165) is 6.08 Å². The third kappa shape index (κ3) is 4.95. The molecule has 0 aliphatic heterocycles. The minimum Gasteiger partial charge on any atom is -0.548 e. The smallest absolute Gasteiger partial charge is 0.548 e. The molecule has 0 saturated carbocycles. The summed E-state index contributed by atoms with van der Waals surface area (Å²) in [4.78, 5) is 21.9. The van der Waals surface area contributed by atoms with Crippen molar-refractivity contribution in [1.82, 2.24) is 5.32 Å². The molecule has 1 aromatic heterocycles. The predicted molar refractivity (Wildman–Crippen MR) is 55.4 cm³/mol. The van der Waals surface area contributed by atoms with Gasteiger partial charge >= 0.3 is 35.5 Å². The first kappa shape index (κ1) is 16.8. The van der Waals surface area contributed by atoms with E-state index in [-0.39, 0.29) is 29.6 Å². The average molecular weight is 261 g/mol. The van der Waals surface area contributed by atoms with Crippen molar-refractivity contribution in [2.45, 2.75) is 13.0 Å². The second-order valence-electron chi connectivity index (χ2n) is 3.30. The van der Waals surface area contributed by atoms with E-state index in [1.54, 1.807) is 6.92 Å². The molecule has 0 saturated heterocycles. The number of carbonyl (C=O) groups excluding carboxylic acids is 2. The largest absolute Gasteiger partial charge is 1.00 e. The molecule has 0 aliphatic rings. The molecule has 7 heteroatoms. The van der Waals surface area contributed by atoms with Crippen molar-refractivity contribution >= 4 is 11.9 Å². The van der Waals surface area contributed by atoms with Crippen LogP contribution in [0.5, 0.6) is 0 Å². The first-order valence-electron chi connectivity index (χ1n) is 4.80. The van der Waals surface area contributed by atoms with Crippen LogP contribution in [0, 0.1) is 0 Å². The molecule has 1 heterocycles. The van der Waals surface area contributed by atoms with Gasteiger partial charge in [0.25, 0.3) is 0 Å². The number of hydrogen-bond donors (Lipinski definition) is 1. The number of hydrogen-bond acceptors (Lipinski definition) is 6. The van der Waals surface area contributed by atoms with E-state index in [0.29, 0.717) is 11.3 Å². The summed E-state index contributed by atoms with van der Waals surface area (Å²) in [5.74, 6) is -1.89. The van der Waals surface area contributed by atoms with Gasteiger partial charge in [0.15, 0.2) is 0 Å². The molecular formula is C11H12NNaO5. The summed E-state index contributed by atoms with van der Waals surface area (Å²) in [5, 5.41) is 13.6. The van der Waals surface area contributed by atoms with Gasteiger partial charge in [-0.05, 0) is 13.0 Å². The molecule has 0 bridgehead atoms. The minimum absolute atomic E-state index is 0. The molecule has 0 aromatic carbocycles. The van der Waals surface area contributed by atoms with Crippen molar-refractivity contribution in [3.05, 3.63) is 35.9 Å². The Hall–Kier alpha value is -1.24. The predicted octanol–water partition coefficient (Wildman–Crippen LogP) is -3.26. The van der Waals surface area contributed by atoms with Crippen LogP contribution in [-0.4, -0.2) is 19.0 Å². The molecule has 0 amide bonds. The van der Waals surface area contributed by atoms with Crippen molar-refractivity contribution in [3.8, 4) is 0 Å². The van der Waals surface area contributed by atoms with Crippen LogP contribution < -0.4 is 40.0 Å². The van der Waals surface area contributed by atoms with Gasteiger partial charge in [-0.25, -0.2) is 4.79 Å². The maximum Gasteiger partial charge on any atom is 1.00 e. The number of allylic oxidation sites excluding steroid dienone is 1.